The highest BCUT2D eigenvalue weighted by atomic mass is 16.2. The van der Waals surface area contributed by atoms with Crippen LogP contribution in [-0.2, 0) is 17.8 Å². The summed E-state index contributed by atoms with van der Waals surface area (Å²) in [5.41, 5.74) is 7.73. The van der Waals surface area contributed by atoms with Crippen LogP contribution in [0.3, 0.4) is 0 Å². The maximum Gasteiger partial charge on any atom is 0.226 e. The third-order valence-corrected chi connectivity index (χ3v) is 3.99. The monoisotopic (exact) mass is 275 g/mol. The van der Waals surface area contributed by atoms with Gasteiger partial charge in [-0.15, -0.1) is 0 Å². The number of nitrogens with two attached hydrogens (primary N) is 1. The molecule has 0 saturated carbocycles. The van der Waals surface area contributed by atoms with Gasteiger partial charge < -0.3 is 15.5 Å². The van der Waals surface area contributed by atoms with Crippen molar-refractivity contribution in [3.8, 4) is 0 Å². The number of amides is 1. The van der Waals surface area contributed by atoms with Crippen LogP contribution in [0.5, 0.6) is 0 Å². The topological polar surface area (TPSA) is 49.6 Å². The molecule has 110 valence electrons. The van der Waals surface area contributed by atoms with Gasteiger partial charge in [-0.05, 0) is 37.1 Å². The molecule has 2 N–H and O–H groups in total. The number of likely N-dealkylation sites (N-methyl/N-ethyl adjacent to an activating group) is 1. The van der Waals surface area contributed by atoms with E-state index in [1.165, 1.54) is 25.9 Å². The van der Waals surface area contributed by atoms with E-state index in [1.54, 1.807) is 0 Å². The summed E-state index contributed by atoms with van der Waals surface area (Å²) in [6, 6.07) is 7.97. The van der Waals surface area contributed by atoms with Gasteiger partial charge in [-0.1, -0.05) is 24.3 Å². The molecule has 1 heterocycles. The second-order valence-corrected chi connectivity index (χ2v) is 5.56. The Balaban J connectivity index is 1.77. The molecule has 1 amide bonds. The zero-order valence-corrected chi connectivity index (χ0v) is 12.3. The van der Waals surface area contributed by atoms with Crippen LogP contribution in [-0.4, -0.2) is 48.9 Å². The summed E-state index contributed by atoms with van der Waals surface area (Å²) in [5.74, 6) is 0.185. The minimum atomic E-state index is 0.185. The molecule has 0 unspecified atom stereocenters. The smallest absolute Gasteiger partial charge is 0.226 e. The van der Waals surface area contributed by atoms with E-state index in [-0.39, 0.29) is 5.91 Å². The van der Waals surface area contributed by atoms with Gasteiger partial charge in [0.15, 0.2) is 0 Å². The summed E-state index contributed by atoms with van der Waals surface area (Å²) in [5, 5.41) is 0. The number of nitrogens with zero attached hydrogens (tertiary/aromatic N) is 2. The molecule has 0 aromatic heterocycles. The Kier molecular flexibility index (Phi) is 5.56. The molecule has 0 aliphatic carbocycles. The average molecular weight is 275 g/mol. The summed E-state index contributed by atoms with van der Waals surface area (Å²) in [6.45, 7) is 4.73. The quantitative estimate of drug-likeness (QED) is 0.850. The first-order valence-electron chi connectivity index (χ1n) is 7.43. The Morgan fingerprint density at radius 1 is 1.20 bits per heavy atom. The Hall–Kier alpha value is -1.39. The van der Waals surface area contributed by atoms with Gasteiger partial charge in [0, 0.05) is 26.7 Å². The lowest BCUT2D eigenvalue weighted by atomic mass is 10.1. The van der Waals surface area contributed by atoms with Gasteiger partial charge in [-0.2, -0.15) is 0 Å². The van der Waals surface area contributed by atoms with E-state index >= 15 is 0 Å². The molecular formula is C16H25N3O. The van der Waals surface area contributed by atoms with Gasteiger partial charge in [0.05, 0.1) is 6.42 Å². The fourth-order valence-corrected chi connectivity index (χ4v) is 2.53. The van der Waals surface area contributed by atoms with E-state index in [1.807, 2.05) is 36.2 Å². The summed E-state index contributed by atoms with van der Waals surface area (Å²) >= 11 is 0. The Bertz CT molecular complexity index is 424. The maximum atomic E-state index is 12.2. The molecule has 0 atom stereocenters. The van der Waals surface area contributed by atoms with Gasteiger partial charge in [0.25, 0.3) is 0 Å². The third-order valence-electron chi connectivity index (χ3n) is 3.99. The Labute approximate surface area is 121 Å². The van der Waals surface area contributed by atoms with E-state index in [4.69, 9.17) is 5.73 Å². The van der Waals surface area contributed by atoms with Crippen molar-refractivity contribution in [1.82, 2.24) is 9.80 Å². The van der Waals surface area contributed by atoms with E-state index < -0.39 is 0 Å². The first kappa shape index (κ1) is 15.0. The molecule has 0 spiro atoms. The van der Waals surface area contributed by atoms with Crippen molar-refractivity contribution in [2.24, 2.45) is 5.73 Å². The van der Waals surface area contributed by atoms with E-state index in [2.05, 4.69) is 4.90 Å². The predicted molar refractivity (Wildman–Crippen MR) is 81.3 cm³/mol. The number of carbonyl (C=O) groups is 1. The minimum absolute atomic E-state index is 0.185. The molecule has 1 aliphatic rings. The highest BCUT2D eigenvalue weighted by molar-refractivity contribution is 5.78. The lowest BCUT2D eigenvalue weighted by Gasteiger charge is -2.21. The summed E-state index contributed by atoms with van der Waals surface area (Å²) in [6.07, 6.45) is 3.07. The van der Waals surface area contributed by atoms with Gasteiger partial charge in [0.1, 0.15) is 0 Å². The van der Waals surface area contributed by atoms with E-state index in [9.17, 15) is 4.79 Å². The largest absolute Gasteiger partial charge is 0.344 e. The van der Waals surface area contributed by atoms with Gasteiger partial charge in [0.2, 0.25) is 5.91 Å². The molecule has 4 heteroatoms. The minimum Gasteiger partial charge on any atom is -0.344 e. The fraction of sp³-hybridized carbons (Fsp3) is 0.562. The highest BCUT2D eigenvalue weighted by Crippen LogP contribution is 2.08. The number of hydrogen-bond acceptors (Lipinski definition) is 3. The van der Waals surface area contributed by atoms with Crippen LogP contribution in [0, 0.1) is 0 Å². The standard InChI is InChI=1S/C16H25N3O/c1-18(10-11-19-8-2-3-9-19)16(20)12-14-4-6-15(13-17)7-5-14/h4-7H,2-3,8-13,17H2,1H3. The molecule has 1 aromatic carbocycles. The molecule has 1 saturated heterocycles. The van der Waals surface area contributed by atoms with Crippen molar-refractivity contribution < 1.29 is 4.79 Å². The lowest BCUT2D eigenvalue weighted by molar-refractivity contribution is -0.129. The van der Waals surface area contributed by atoms with Crippen molar-refractivity contribution in [2.45, 2.75) is 25.8 Å². The molecule has 0 radical (unpaired) electrons. The number of benzene rings is 1. The first-order valence-corrected chi connectivity index (χ1v) is 7.43. The molecule has 1 aromatic rings. The highest BCUT2D eigenvalue weighted by Gasteiger charge is 2.14. The van der Waals surface area contributed by atoms with Crippen molar-refractivity contribution in [2.75, 3.05) is 33.2 Å². The predicted octanol–water partition coefficient (Wildman–Crippen LogP) is 1.24. The zero-order chi connectivity index (χ0) is 14.4. The molecular weight excluding hydrogens is 250 g/mol. The summed E-state index contributed by atoms with van der Waals surface area (Å²) in [7, 11) is 1.90. The van der Waals surface area contributed by atoms with Crippen LogP contribution in [0.1, 0.15) is 24.0 Å². The van der Waals surface area contributed by atoms with Crippen molar-refractivity contribution in [3.05, 3.63) is 35.4 Å². The second kappa shape index (κ2) is 7.41. The van der Waals surface area contributed by atoms with Crippen LogP contribution in [0.4, 0.5) is 0 Å². The normalized spacial score (nSPS) is 15.5. The molecule has 20 heavy (non-hydrogen) atoms. The van der Waals surface area contributed by atoms with Crippen molar-refractivity contribution in [3.63, 3.8) is 0 Å². The van der Waals surface area contributed by atoms with Crippen LogP contribution in [0.2, 0.25) is 0 Å². The summed E-state index contributed by atoms with van der Waals surface area (Å²) in [4.78, 5) is 16.4. The van der Waals surface area contributed by atoms with Crippen molar-refractivity contribution >= 4 is 5.91 Å². The third kappa shape index (κ3) is 4.32. The first-order chi connectivity index (χ1) is 9.69. The van der Waals surface area contributed by atoms with Gasteiger partial charge in [-0.25, -0.2) is 0 Å². The van der Waals surface area contributed by atoms with Gasteiger partial charge in [-0.3, -0.25) is 4.79 Å². The van der Waals surface area contributed by atoms with Crippen LogP contribution in [0.25, 0.3) is 0 Å². The Morgan fingerprint density at radius 3 is 2.40 bits per heavy atom. The fourth-order valence-electron chi connectivity index (χ4n) is 2.53. The van der Waals surface area contributed by atoms with Crippen LogP contribution in [0.15, 0.2) is 24.3 Å². The molecule has 2 rings (SSSR count). The SMILES string of the molecule is CN(CCN1CCCC1)C(=O)Cc1ccc(CN)cc1. The van der Waals surface area contributed by atoms with E-state index in [0.717, 1.165) is 24.2 Å². The second-order valence-electron chi connectivity index (χ2n) is 5.56. The lowest BCUT2D eigenvalue weighted by Crippen LogP contribution is -2.35. The molecule has 4 nitrogen and oxygen atoms in total. The zero-order valence-electron chi connectivity index (χ0n) is 12.3. The maximum absolute atomic E-state index is 12.2. The molecule has 1 aliphatic heterocycles. The average Bonchev–Trinajstić information content (AvgIpc) is 2.98. The van der Waals surface area contributed by atoms with Crippen molar-refractivity contribution in [1.29, 1.82) is 0 Å². The molecule has 1 fully saturated rings. The van der Waals surface area contributed by atoms with Gasteiger partial charge >= 0.3 is 0 Å². The van der Waals surface area contributed by atoms with Crippen LogP contribution < -0.4 is 5.73 Å². The number of rotatable bonds is 6. The van der Waals surface area contributed by atoms with E-state index in [0.29, 0.717) is 13.0 Å². The molecule has 0 bridgehead atoms. The summed E-state index contributed by atoms with van der Waals surface area (Å²) < 4.78 is 0. The number of carbonyl (C=O) groups excluding carboxylic acids is 1. The van der Waals surface area contributed by atoms with Crippen LogP contribution >= 0.6 is 0 Å². The number of hydrogen-bond donors (Lipinski definition) is 1. The number of likely N-dealkylation sites (tertiary alicyclic amines) is 1. The Morgan fingerprint density at radius 2 is 1.80 bits per heavy atom.